The van der Waals surface area contributed by atoms with E-state index in [1.807, 2.05) is 0 Å². The van der Waals surface area contributed by atoms with Gasteiger partial charge in [0.05, 0.1) is 16.1 Å². The van der Waals surface area contributed by atoms with Gasteiger partial charge in [0.15, 0.2) is 9.84 Å². The molecule has 2 aromatic rings. The molecule has 0 unspecified atom stereocenters. The first-order valence-electron chi connectivity index (χ1n) is 6.97. The van der Waals surface area contributed by atoms with Crippen LogP contribution in [0.25, 0.3) is 0 Å². The first-order valence-corrected chi connectivity index (χ1v) is 8.86. The third-order valence-corrected chi connectivity index (χ3v) is 4.60. The van der Waals surface area contributed by atoms with E-state index in [0.717, 1.165) is 31.2 Å². The molecule has 1 aromatic heterocycles. The summed E-state index contributed by atoms with van der Waals surface area (Å²) in [6.07, 6.45) is 5.86. The van der Waals surface area contributed by atoms with Crippen molar-refractivity contribution >= 4 is 21.4 Å². The van der Waals surface area contributed by atoms with Gasteiger partial charge in [0.25, 0.3) is 5.91 Å². The van der Waals surface area contributed by atoms with Crippen molar-refractivity contribution in [1.82, 2.24) is 9.97 Å². The summed E-state index contributed by atoms with van der Waals surface area (Å²) in [5.41, 5.74) is 0.225. The number of sulfone groups is 1. The number of nitrogens with one attached hydrogen (secondary N) is 1. The van der Waals surface area contributed by atoms with Crippen molar-refractivity contribution in [2.75, 3.05) is 11.6 Å². The Morgan fingerprint density at radius 3 is 2.48 bits per heavy atom. The summed E-state index contributed by atoms with van der Waals surface area (Å²) in [6.45, 7) is 0. The monoisotopic (exact) mass is 335 g/mol. The Bertz CT molecular complexity index is 862. The van der Waals surface area contributed by atoms with Crippen LogP contribution in [-0.2, 0) is 9.84 Å². The average Bonchev–Trinajstić information content (AvgIpc) is 3.33. The van der Waals surface area contributed by atoms with Crippen LogP contribution in [0.15, 0.2) is 35.5 Å². The van der Waals surface area contributed by atoms with Gasteiger partial charge >= 0.3 is 0 Å². The number of nitrogens with zero attached hydrogens (tertiary/aromatic N) is 2. The average molecular weight is 335 g/mol. The first-order chi connectivity index (χ1) is 10.8. The second kappa shape index (κ2) is 5.69. The molecule has 6 nitrogen and oxygen atoms in total. The van der Waals surface area contributed by atoms with E-state index in [9.17, 15) is 17.6 Å². The summed E-state index contributed by atoms with van der Waals surface area (Å²) in [4.78, 5) is 20.2. The van der Waals surface area contributed by atoms with Gasteiger partial charge in [-0.3, -0.25) is 4.79 Å². The van der Waals surface area contributed by atoms with Crippen molar-refractivity contribution in [3.63, 3.8) is 0 Å². The standard InChI is InChI=1S/C15H14FN3O3S/c1-23(21,22)13-6-11(16)4-5-12(13)19-15(20)10-7-17-14(18-8-10)9-2-3-9/h4-9H,2-3H2,1H3,(H,19,20). The maximum absolute atomic E-state index is 13.3. The molecule has 0 radical (unpaired) electrons. The number of rotatable bonds is 4. The van der Waals surface area contributed by atoms with E-state index in [4.69, 9.17) is 0 Å². The number of carbonyl (C=O) groups excluding carboxylic acids is 1. The van der Waals surface area contributed by atoms with Crippen LogP contribution in [0.3, 0.4) is 0 Å². The summed E-state index contributed by atoms with van der Waals surface area (Å²) in [7, 11) is -3.68. The summed E-state index contributed by atoms with van der Waals surface area (Å²) in [5, 5.41) is 2.46. The number of carbonyl (C=O) groups is 1. The maximum Gasteiger partial charge on any atom is 0.258 e. The van der Waals surface area contributed by atoms with Crippen molar-refractivity contribution in [3.05, 3.63) is 47.8 Å². The normalized spacial score (nSPS) is 14.5. The lowest BCUT2D eigenvalue weighted by molar-refractivity contribution is 0.102. The molecule has 1 amide bonds. The van der Waals surface area contributed by atoms with E-state index in [1.54, 1.807) is 0 Å². The summed E-state index contributed by atoms with van der Waals surface area (Å²) >= 11 is 0. The number of benzene rings is 1. The maximum atomic E-state index is 13.3. The summed E-state index contributed by atoms with van der Waals surface area (Å²) in [5.74, 6) is -0.161. The van der Waals surface area contributed by atoms with Gasteiger partial charge in [-0.05, 0) is 31.0 Å². The van der Waals surface area contributed by atoms with Crippen LogP contribution < -0.4 is 5.32 Å². The van der Waals surface area contributed by atoms with Gasteiger partial charge in [0.2, 0.25) is 0 Å². The van der Waals surface area contributed by atoms with E-state index >= 15 is 0 Å². The fourth-order valence-corrected chi connectivity index (χ4v) is 2.95. The Balaban J connectivity index is 1.85. The largest absolute Gasteiger partial charge is 0.321 e. The van der Waals surface area contributed by atoms with Crippen LogP contribution in [0.4, 0.5) is 10.1 Å². The predicted octanol–water partition coefficient (Wildman–Crippen LogP) is 2.15. The van der Waals surface area contributed by atoms with Crippen LogP contribution in [0, 0.1) is 5.82 Å². The number of amides is 1. The minimum Gasteiger partial charge on any atom is -0.321 e. The van der Waals surface area contributed by atoms with Crippen molar-refractivity contribution in [3.8, 4) is 0 Å². The van der Waals surface area contributed by atoms with Gasteiger partial charge < -0.3 is 5.32 Å². The topological polar surface area (TPSA) is 89.0 Å². The highest BCUT2D eigenvalue weighted by molar-refractivity contribution is 7.90. The van der Waals surface area contributed by atoms with Crippen LogP contribution >= 0.6 is 0 Å². The van der Waals surface area contributed by atoms with Crippen LogP contribution in [0.5, 0.6) is 0 Å². The number of halogens is 1. The second-order valence-corrected chi connectivity index (χ2v) is 7.46. The molecular weight excluding hydrogens is 321 g/mol. The molecule has 120 valence electrons. The van der Waals surface area contributed by atoms with Gasteiger partial charge in [-0.25, -0.2) is 22.8 Å². The molecule has 1 aliphatic carbocycles. The van der Waals surface area contributed by atoms with E-state index in [2.05, 4.69) is 15.3 Å². The molecule has 0 spiro atoms. The second-order valence-electron chi connectivity index (χ2n) is 5.47. The smallest absolute Gasteiger partial charge is 0.258 e. The van der Waals surface area contributed by atoms with Crippen molar-refractivity contribution in [2.45, 2.75) is 23.7 Å². The Labute approximate surface area is 132 Å². The highest BCUT2D eigenvalue weighted by atomic mass is 32.2. The molecule has 23 heavy (non-hydrogen) atoms. The Hall–Kier alpha value is -2.35. The molecule has 0 saturated heterocycles. The summed E-state index contributed by atoms with van der Waals surface area (Å²) < 4.78 is 36.7. The van der Waals surface area contributed by atoms with Crippen molar-refractivity contribution in [2.24, 2.45) is 0 Å². The van der Waals surface area contributed by atoms with Crippen LogP contribution in [0.2, 0.25) is 0 Å². The minimum absolute atomic E-state index is 0.0187. The number of hydrogen-bond acceptors (Lipinski definition) is 5. The molecule has 1 heterocycles. The van der Waals surface area contributed by atoms with Gasteiger partial charge in [-0.15, -0.1) is 0 Å². The molecule has 1 aromatic carbocycles. The molecule has 1 N–H and O–H groups in total. The quantitative estimate of drug-likeness (QED) is 0.925. The van der Waals surface area contributed by atoms with Gasteiger partial charge in [0, 0.05) is 24.6 Å². The highest BCUT2D eigenvalue weighted by Crippen LogP contribution is 2.37. The lowest BCUT2D eigenvalue weighted by atomic mass is 10.2. The van der Waals surface area contributed by atoms with Crippen molar-refractivity contribution < 1.29 is 17.6 Å². The molecule has 1 aliphatic rings. The first kappa shape index (κ1) is 15.5. The number of hydrogen-bond donors (Lipinski definition) is 1. The fourth-order valence-electron chi connectivity index (χ4n) is 2.11. The van der Waals surface area contributed by atoms with Crippen LogP contribution in [-0.4, -0.2) is 30.5 Å². The molecule has 8 heteroatoms. The Kier molecular flexibility index (Phi) is 3.85. The molecular formula is C15H14FN3O3S. The molecule has 0 atom stereocenters. The number of aromatic nitrogens is 2. The fraction of sp³-hybridized carbons (Fsp3) is 0.267. The minimum atomic E-state index is -3.68. The Morgan fingerprint density at radius 2 is 1.91 bits per heavy atom. The zero-order valence-corrected chi connectivity index (χ0v) is 13.1. The third kappa shape index (κ3) is 3.53. The number of anilines is 1. The van der Waals surface area contributed by atoms with E-state index in [1.165, 1.54) is 18.5 Å². The SMILES string of the molecule is CS(=O)(=O)c1cc(F)ccc1NC(=O)c1cnc(C2CC2)nc1. The molecule has 1 saturated carbocycles. The lowest BCUT2D eigenvalue weighted by Gasteiger charge is -2.10. The molecule has 1 fully saturated rings. The summed E-state index contributed by atoms with van der Waals surface area (Å²) in [6, 6.07) is 3.16. The zero-order chi connectivity index (χ0) is 16.6. The van der Waals surface area contributed by atoms with Gasteiger partial charge in [-0.2, -0.15) is 0 Å². The predicted molar refractivity (Wildman–Crippen MR) is 81.5 cm³/mol. The molecule has 0 aliphatic heterocycles. The van der Waals surface area contributed by atoms with Crippen molar-refractivity contribution in [1.29, 1.82) is 0 Å². The van der Waals surface area contributed by atoms with E-state index in [0.29, 0.717) is 11.7 Å². The molecule has 3 rings (SSSR count). The third-order valence-electron chi connectivity index (χ3n) is 3.47. The van der Waals surface area contributed by atoms with E-state index < -0.39 is 21.6 Å². The molecule has 0 bridgehead atoms. The zero-order valence-electron chi connectivity index (χ0n) is 12.3. The lowest BCUT2D eigenvalue weighted by Crippen LogP contribution is -2.15. The highest BCUT2D eigenvalue weighted by Gasteiger charge is 2.26. The van der Waals surface area contributed by atoms with Gasteiger partial charge in [0.1, 0.15) is 11.6 Å². The van der Waals surface area contributed by atoms with Gasteiger partial charge in [-0.1, -0.05) is 0 Å². The van der Waals surface area contributed by atoms with E-state index in [-0.39, 0.29) is 16.1 Å². The van der Waals surface area contributed by atoms with Crippen LogP contribution in [0.1, 0.15) is 34.9 Å². The Morgan fingerprint density at radius 1 is 1.26 bits per heavy atom.